The lowest BCUT2D eigenvalue weighted by atomic mass is 10.3. The van der Waals surface area contributed by atoms with Gasteiger partial charge in [-0.25, -0.2) is 4.98 Å². The number of aliphatic hydroxyl groups is 1. The van der Waals surface area contributed by atoms with Crippen LogP contribution in [0, 0.1) is 0 Å². The molecule has 2 heterocycles. The summed E-state index contributed by atoms with van der Waals surface area (Å²) in [6.07, 6.45) is 2.56. The van der Waals surface area contributed by atoms with E-state index in [-0.39, 0.29) is 0 Å². The Balaban J connectivity index is 2.13. The van der Waals surface area contributed by atoms with Gasteiger partial charge in [0, 0.05) is 25.3 Å². The number of anilines is 1. The fourth-order valence-electron chi connectivity index (χ4n) is 2.26. The smallest absolute Gasteiger partial charge is 0.185 e. The van der Waals surface area contributed by atoms with Gasteiger partial charge >= 0.3 is 0 Å². The monoisotopic (exact) mass is 255 g/mol. The molecule has 0 radical (unpaired) electrons. The van der Waals surface area contributed by atoms with Crippen molar-refractivity contribution in [3.63, 3.8) is 0 Å². The quantitative estimate of drug-likeness (QED) is 0.873. The number of hydrogen-bond donors (Lipinski definition) is 1. The summed E-state index contributed by atoms with van der Waals surface area (Å²) < 4.78 is 0. The van der Waals surface area contributed by atoms with E-state index < -0.39 is 6.10 Å². The van der Waals surface area contributed by atoms with E-state index >= 15 is 0 Å². The second-order valence-corrected chi connectivity index (χ2v) is 5.92. The standard InChI is InChI=1S/C12H21N3OS/c1-9-8-14(3)5-4-6-15(9)12-13-7-11(17-12)10(2)16/h7,9-10,16H,4-6,8H2,1-3H3. The van der Waals surface area contributed by atoms with Gasteiger partial charge in [0.25, 0.3) is 0 Å². The van der Waals surface area contributed by atoms with Crippen LogP contribution in [0.4, 0.5) is 5.13 Å². The molecule has 17 heavy (non-hydrogen) atoms. The normalized spacial score (nSPS) is 24.7. The molecule has 2 atom stereocenters. The van der Waals surface area contributed by atoms with Crippen molar-refractivity contribution in [3.8, 4) is 0 Å². The van der Waals surface area contributed by atoms with Crippen LogP contribution in [0.3, 0.4) is 0 Å². The lowest BCUT2D eigenvalue weighted by Gasteiger charge is -2.27. The predicted molar refractivity (Wildman–Crippen MR) is 71.7 cm³/mol. The number of rotatable bonds is 2. The fourth-order valence-corrected chi connectivity index (χ4v) is 3.24. The highest BCUT2D eigenvalue weighted by Crippen LogP contribution is 2.29. The Hall–Kier alpha value is -0.650. The molecule has 1 fully saturated rings. The van der Waals surface area contributed by atoms with Crippen LogP contribution >= 0.6 is 11.3 Å². The Labute approximate surface area is 107 Å². The van der Waals surface area contributed by atoms with Crippen LogP contribution < -0.4 is 4.90 Å². The fraction of sp³-hybridized carbons (Fsp3) is 0.750. The van der Waals surface area contributed by atoms with Crippen molar-refractivity contribution in [1.82, 2.24) is 9.88 Å². The molecule has 1 aliphatic rings. The minimum Gasteiger partial charge on any atom is -0.388 e. The zero-order valence-corrected chi connectivity index (χ0v) is 11.6. The number of aromatic nitrogens is 1. The van der Waals surface area contributed by atoms with Crippen molar-refractivity contribution in [1.29, 1.82) is 0 Å². The molecule has 0 spiro atoms. The summed E-state index contributed by atoms with van der Waals surface area (Å²) in [7, 11) is 2.17. The van der Waals surface area contributed by atoms with E-state index in [0.717, 1.165) is 29.6 Å². The zero-order chi connectivity index (χ0) is 12.4. The highest BCUT2D eigenvalue weighted by atomic mass is 32.1. The molecule has 96 valence electrons. The van der Waals surface area contributed by atoms with E-state index in [1.54, 1.807) is 24.5 Å². The van der Waals surface area contributed by atoms with Gasteiger partial charge in [0.05, 0.1) is 11.0 Å². The first kappa shape index (κ1) is 12.8. The largest absolute Gasteiger partial charge is 0.388 e. The van der Waals surface area contributed by atoms with Crippen molar-refractivity contribution in [2.24, 2.45) is 0 Å². The Kier molecular flexibility index (Phi) is 4.01. The molecule has 4 nitrogen and oxygen atoms in total. The molecule has 1 saturated heterocycles. The summed E-state index contributed by atoms with van der Waals surface area (Å²) in [5.41, 5.74) is 0. The molecule has 1 N–H and O–H groups in total. The number of thiazole rings is 1. The second kappa shape index (κ2) is 5.33. The second-order valence-electron chi connectivity index (χ2n) is 4.88. The summed E-state index contributed by atoms with van der Waals surface area (Å²) in [6, 6.07) is 0.482. The first-order chi connectivity index (χ1) is 8.08. The van der Waals surface area contributed by atoms with Gasteiger partial charge in [-0.2, -0.15) is 0 Å². The van der Waals surface area contributed by atoms with Gasteiger partial charge < -0.3 is 14.9 Å². The zero-order valence-electron chi connectivity index (χ0n) is 10.8. The van der Waals surface area contributed by atoms with Crippen molar-refractivity contribution >= 4 is 16.5 Å². The SMILES string of the molecule is CC(O)c1cnc(N2CCCN(C)CC2C)s1. The van der Waals surface area contributed by atoms with E-state index in [4.69, 9.17) is 0 Å². The summed E-state index contributed by atoms with van der Waals surface area (Å²) in [5.74, 6) is 0. The minimum atomic E-state index is -0.411. The van der Waals surface area contributed by atoms with Crippen LogP contribution in [0.5, 0.6) is 0 Å². The lowest BCUT2D eigenvalue weighted by molar-refractivity contribution is 0.203. The molecule has 0 saturated carbocycles. The van der Waals surface area contributed by atoms with E-state index in [1.165, 1.54) is 6.42 Å². The van der Waals surface area contributed by atoms with E-state index in [2.05, 4.69) is 28.8 Å². The Morgan fingerprint density at radius 1 is 1.53 bits per heavy atom. The van der Waals surface area contributed by atoms with Gasteiger partial charge in [-0.05, 0) is 33.9 Å². The first-order valence-corrected chi connectivity index (χ1v) is 6.98. The van der Waals surface area contributed by atoms with Gasteiger partial charge in [0.2, 0.25) is 0 Å². The summed E-state index contributed by atoms with van der Waals surface area (Å²) in [5, 5.41) is 10.6. The minimum absolute atomic E-state index is 0.411. The predicted octanol–water partition coefficient (Wildman–Crippen LogP) is 1.73. The maximum Gasteiger partial charge on any atom is 0.185 e. The molecule has 1 aromatic rings. The van der Waals surface area contributed by atoms with Crippen LogP contribution in [0.25, 0.3) is 0 Å². The van der Waals surface area contributed by atoms with Gasteiger partial charge in [-0.15, -0.1) is 0 Å². The highest BCUT2D eigenvalue weighted by molar-refractivity contribution is 7.15. The molecule has 5 heteroatoms. The van der Waals surface area contributed by atoms with Crippen molar-refractivity contribution in [2.75, 3.05) is 31.6 Å². The van der Waals surface area contributed by atoms with Crippen LogP contribution in [-0.2, 0) is 0 Å². The van der Waals surface area contributed by atoms with Crippen molar-refractivity contribution in [3.05, 3.63) is 11.1 Å². The van der Waals surface area contributed by atoms with E-state index in [0.29, 0.717) is 6.04 Å². The van der Waals surface area contributed by atoms with Crippen LogP contribution in [0.15, 0.2) is 6.20 Å². The summed E-state index contributed by atoms with van der Waals surface area (Å²) in [6.45, 7) is 7.31. The number of likely N-dealkylation sites (N-methyl/N-ethyl adjacent to an activating group) is 1. The molecular formula is C12H21N3OS. The number of aliphatic hydroxyl groups excluding tert-OH is 1. The number of hydrogen-bond acceptors (Lipinski definition) is 5. The highest BCUT2D eigenvalue weighted by Gasteiger charge is 2.22. The Bertz CT molecular complexity index is 366. The molecule has 2 unspecified atom stereocenters. The van der Waals surface area contributed by atoms with Gasteiger partial charge in [0.1, 0.15) is 0 Å². The molecule has 0 aromatic carbocycles. The maximum absolute atomic E-state index is 9.54. The van der Waals surface area contributed by atoms with Gasteiger partial charge in [-0.3, -0.25) is 0 Å². The maximum atomic E-state index is 9.54. The summed E-state index contributed by atoms with van der Waals surface area (Å²) in [4.78, 5) is 10.1. The average molecular weight is 255 g/mol. The summed E-state index contributed by atoms with van der Waals surface area (Å²) >= 11 is 1.61. The lowest BCUT2D eigenvalue weighted by Crippen LogP contribution is -2.37. The van der Waals surface area contributed by atoms with Crippen LogP contribution in [0.1, 0.15) is 31.2 Å². The molecule has 0 aliphatic carbocycles. The van der Waals surface area contributed by atoms with Gasteiger partial charge in [-0.1, -0.05) is 11.3 Å². The Morgan fingerprint density at radius 3 is 2.94 bits per heavy atom. The number of nitrogens with zero attached hydrogens (tertiary/aromatic N) is 3. The van der Waals surface area contributed by atoms with Crippen molar-refractivity contribution in [2.45, 2.75) is 32.4 Å². The van der Waals surface area contributed by atoms with E-state index in [9.17, 15) is 5.11 Å². The van der Waals surface area contributed by atoms with Crippen molar-refractivity contribution < 1.29 is 5.11 Å². The molecule has 1 aromatic heterocycles. The average Bonchev–Trinajstić information content (AvgIpc) is 2.67. The first-order valence-electron chi connectivity index (χ1n) is 6.17. The van der Waals surface area contributed by atoms with Crippen LogP contribution in [0.2, 0.25) is 0 Å². The molecule has 0 bridgehead atoms. The topological polar surface area (TPSA) is 39.6 Å². The molecule has 2 rings (SSSR count). The van der Waals surface area contributed by atoms with Crippen LogP contribution in [-0.4, -0.2) is 47.7 Å². The molecule has 1 aliphatic heterocycles. The Morgan fingerprint density at radius 2 is 2.29 bits per heavy atom. The third-order valence-electron chi connectivity index (χ3n) is 3.22. The van der Waals surface area contributed by atoms with Gasteiger partial charge in [0.15, 0.2) is 5.13 Å². The third-order valence-corrected chi connectivity index (χ3v) is 4.42. The molecular weight excluding hydrogens is 234 g/mol. The third kappa shape index (κ3) is 2.97. The molecule has 0 amide bonds. The van der Waals surface area contributed by atoms with E-state index in [1.807, 2.05) is 0 Å².